The topological polar surface area (TPSA) is 90.0 Å². The van der Waals surface area contributed by atoms with Gasteiger partial charge in [-0.25, -0.2) is 4.90 Å². The number of methoxy groups -OCH3 is 1. The predicted octanol–water partition coefficient (Wildman–Crippen LogP) is 4.35. The summed E-state index contributed by atoms with van der Waals surface area (Å²) in [5.41, 5.74) is -0.0121. The van der Waals surface area contributed by atoms with E-state index < -0.39 is 46.9 Å². The van der Waals surface area contributed by atoms with E-state index in [1.54, 1.807) is 48.5 Å². The Hall–Kier alpha value is -3.81. The first-order valence-electron chi connectivity index (χ1n) is 11.4. The summed E-state index contributed by atoms with van der Waals surface area (Å²) in [6, 6.07) is 18.3. The van der Waals surface area contributed by atoms with Crippen molar-refractivity contribution in [3.8, 4) is 5.75 Å². The molecule has 3 aromatic rings. The Balaban J connectivity index is 1.56. The molecular formula is C28H20ClNO6. The summed E-state index contributed by atoms with van der Waals surface area (Å²) in [6.45, 7) is 1.92. The van der Waals surface area contributed by atoms with Crippen LogP contribution in [0.3, 0.4) is 0 Å². The van der Waals surface area contributed by atoms with E-state index in [1.165, 1.54) is 13.2 Å². The van der Waals surface area contributed by atoms with Crippen molar-refractivity contribution in [2.75, 3.05) is 12.0 Å². The maximum absolute atomic E-state index is 14.0. The molecule has 0 saturated carbocycles. The molecule has 180 valence electrons. The monoisotopic (exact) mass is 501 g/mol. The maximum atomic E-state index is 14.0. The fraction of sp³-hybridized carbons (Fsp3) is 0.214. The summed E-state index contributed by atoms with van der Waals surface area (Å²) in [5, 5.41) is 0.296. The number of hydrogen-bond acceptors (Lipinski definition) is 6. The molecule has 0 unspecified atom stereocenters. The number of ketones is 2. The van der Waals surface area contributed by atoms with Crippen molar-refractivity contribution in [1.82, 2.24) is 0 Å². The lowest BCUT2D eigenvalue weighted by Crippen LogP contribution is -2.51. The molecule has 7 nitrogen and oxygen atoms in total. The Bertz CT molecular complexity index is 1440. The highest BCUT2D eigenvalue weighted by Crippen LogP contribution is 2.58. The van der Waals surface area contributed by atoms with E-state index in [0.29, 0.717) is 10.6 Å². The number of hydrogen-bond donors (Lipinski definition) is 0. The summed E-state index contributed by atoms with van der Waals surface area (Å²) in [5.74, 6) is -4.66. The molecule has 6 rings (SSSR count). The van der Waals surface area contributed by atoms with Gasteiger partial charge < -0.3 is 9.47 Å². The molecule has 1 aliphatic carbocycles. The lowest BCUT2D eigenvalue weighted by atomic mass is 9.77. The molecule has 2 aliphatic heterocycles. The SMILES string of the molecule is COc1ccc(Cl)cc1N1C(=O)[C@@H]2[C@H](c3ccc(C)cc3)OC3(C(=O)c4ccccc4C3=O)[C@H]2C1=O. The molecule has 1 spiro atoms. The van der Waals surface area contributed by atoms with Crippen LogP contribution in [0.25, 0.3) is 0 Å². The van der Waals surface area contributed by atoms with Crippen molar-refractivity contribution < 1.29 is 28.7 Å². The lowest BCUT2D eigenvalue weighted by molar-refractivity contribution is -0.127. The van der Waals surface area contributed by atoms with E-state index in [4.69, 9.17) is 21.1 Å². The number of carbonyl (C=O) groups is 4. The molecule has 2 amide bonds. The highest BCUT2D eigenvalue weighted by Gasteiger charge is 2.74. The molecule has 3 aliphatic rings. The number of nitrogens with zero attached hydrogens (tertiary/aromatic N) is 1. The maximum Gasteiger partial charge on any atom is 0.241 e. The molecule has 0 N–H and O–H groups in total. The predicted molar refractivity (Wildman–Crippen MR) is 130 cm³/mol. The van der Waals surface area contributed by atoms with Gasteiger partial charge in [0.2, 0.25) is 29.0 Å². The van der Waals surface area contributed by atoms with Gasteiger partial charge in [0.25, 0.3) is 0 Å². The Morgan fingerprint density at radius 3 is 2.14 bits per heavy atom. The third-order valence-corrected chi connectivity index (χ3v) is 7.54. The van der Waals surface area contributed by atoms with E-state index >= 15 is 0 Å². The minimum absolute atomic E-state index is 0.155. The summed E-state index contributed by atoms with van der Waals surface area (Å²) in [7, 11) is 1.42. The van der Waals surface area contributed by atoms with Crippen molar-refractivity contribution >= 4 is 40.7 Å². The number of halogens is 1. The number of amides is 2. The van der Waals surface area contributed by atoms with Gasteiger partial charge >= 0.3 is 0 Å². The molecule has 0 bridgehead atoms. The number of ether oxygens (including phenoxy) is 2. The quantitative estimate of drug-likeness (QED) is 0.391. The zero-order chi connectivity index (χ0) is 25.4. The minimum atomic E-state index is -2.13. The molecule has 3 atom stereocenters. The van der Waals surface area contributed by atoms with Crippen molar-refractivity contribution in [1.29, 1.82) is 0 Å². The first-order valence-corrected chi connectivity index (χ1v) is 11.8. The fourth-order valence-electron chi connectivity index (χ4n) is 5.65. The van der Waals surface area contributed by atoms with Gasteiger partial charge in [-0.2, -0.15) is 0 Å². The van der Waals surface area contributed by atoms with Crippen molar-refractivity contribution in [2.45, 2.75) is 18.6 Å². The van der Waals surface area contributed by atoms with Gasteiger partial charge in [-0.15, -0.1) is 0 Å². The molecule has 3 aromatic carbocycles. The summed E-state index contributed by atoms with van der Waals surface area (Å²) in [6.07, 6.45) is -0.982. The first kappa shape index (κ1) is 22.6. The van der Waals surface area contributed by atoms with Crippen LogP contribution >= 0.6 is 11.6 Å². The van der Waals surface area contributed by atoms with Gasteiger partial charge in [0.05, 0.1) is 30.7 Å². The number of aryl methyl sites for hydroxylation is 1. The summed E-state index contributed by atoms with van der Waals surface area (Å²) >= 11 is 6.20. The number of anilines is 1. The number of Topliss-reactive ketones (excluding diaryl/α,β-unsaturated/α-hetero) is 2. The average molecular weight is 502 g/mol. The highest BCUT2D eigenvalue weighted by atomic mass is 35.5. The number of benzene rings is 3. The van der Waals surface area contributed by atoms with Crippen LogP contribution in [0.4, 0.5) is 5.69 Å². The van der Waals surface area contributed by atoms with Gasteiger partial charge in [0.1, 0.15) is 5.75 Å². The van der Waals surface area contributed by atoms with E-state index in [9.17, 15) is 19.2 Å². The lowest BCUT2D eigenvalue weighted by Gasteiger charge is -2.27. The van der Waals surface area contributed by atoms with Crippen LogP contribution < -0.4 is 9.64 Å². The Morgan fingerprint density at radius 1 is 0.889 bits per heavy atom. The van der Waals surface area contributed by atoms with Gasteiger partial charge in [-0.05, 0) is 30.7 Å². The van der Waals surface area contributed by atoms with Crippen LogP contribution in [0.15, 0.2) is 66.7 Å². The van der Waals surface area contributed by atoms with E-state index in [-0.39, 0.29) is 22.6 Å². The Morgan fingerprint density at radius 2 is 1.53 bits per heavy atom. The highest BCUT2D eigenvalue weighted by molar-refractivity contribution is 6.37. The Labute approximate surface area is 211 Å². The standard InChI is InChI=1S/C28H20ClNO6/c1-14-7-9-15(10-8-14)23-21-22(28(36-23)24(31)17-5-3-4-6-18(17)25(28)32)27(34)30(26(21)33)19-13-16(29)11-12-20(19)35-2/h3-13,21-23H,1-2H3/t21-,22+,23-/m0/s1. The van der Waals surface area contributed by atoms with Crippen LogP contribution in [-0.2, 0) is 14.3 Å². The average Bonchev–Trinajstić information content (AvgIpc) is 3.44. The van der Waals surface area contributed by atoms with Gasteiger partial charge in [0, 0.05) is 16.1 Å². The summed E-state index contributed by atoms with van der Waals surface area (Å²) < 4.78 is 11.7. The van der Waals surface area contributed by atoms with Crippen molar-refractivity contribution in [3.05, 3.63) is 94.0 Å². The van der Waals surface area contributed by atoms with Crippen LogP contribution in [0.5, 0.6) is 5.75 Å². The fourth-order valence-corrected chi connectivity index (χ4v) is 5.82. The third kappa shape index (κ3) is 2.84. The molecular weight excluding hydrogens is 482 g/mol. The number of rotatable bonds is 3. The zero-order valence-electron chi connectivity index (χ0n) is 19.4. The molecule has 2 saturated heterocycles. The molecule has 0 radical (unpaired) electrons. The number of fused-ring (bicyclic) bond motifs is 3. The van der Waals surface area contributed by atoms with Gasteiger partial charge in [0.15, 0.2) is 0 Å². The molecule has 8 heteroatoms. The van der Waals surface area contributed by atoms with E-state index in [2.05, 4.69) is 0 Å². The molecule has 2 fully saturated rings. The minimum Gasteiger partial charge on any atom is -0.495 e. The van der Waals surface area contributed by atoms with Gasteiger partial charge in [-0.1, -0.05) is 65.7 Å². The summed E-state index contributed by atoms with van der Waals surface area (Å²) in [4.78, 5) is 56.6. The number of imide groups is 1. The van der Waals surface area contributed by atoms with Crippen molar-refractivity contribution in [3.63, 3.8) is 0 Å². The van der Waals surface area contributed by atoms with Crippen molar-refractivity contribution in [2.24, 2.45) is 11.8 Å². The largest absolute Gasteiger partial charge is 0.495 e. The molecule has 0 aromatic heterocycles. The third-order valence-electron chi connectivity index (χ3n) is 7.31. The normalized spacial score (nSPS) is 24.0. The Kier molecular flexibility index (Phi) is 4.94. The van der Waals surface area contributed by atoms with E-state index in [1.807, 2.05) is 19.1 Å². The van der Waals surface area contributed by atoms with Crippen LogP contribution in [0, 0.1) is 18.8 Å². The smallest absolute Gasteiger partial charge is 0.241 e. The second-order valence-corrected chi connectivity index (χ2v) is 9.66. The van der Waals surface area contributed by atoms with Crippen LogP contribution in [0.2, 0.25) is 5.02 Å². The second kappa shape index (κ2) is 7.85. The van der Waals surface area contributed by atoms with E-state index in [0.717, 1.165) is 10.5 Å². The zero-order valence-corrected chi connectivity index (χ0v) is 20.1. The first-order chi connectivity index (χ1) is 17.3. The van der Waals surface area contributed by atoms with Gasteiger partial charge in [-0.3, -0.25) is 19.2 Å². The van der Waals surface area contributed by atoms with Crippen LogP contribution in [0.1, 0.15) is 37.9 Å². The number of carbonyl (C=O) groups excluding carboxylic acids is 4. The molecule has 36 heavy (non-hydrogen) atoms. The molecule has 2 heterocycles. The second-order valence-electron chi connectivity index (χ2n) is 9.22. The van der Waals surface area contributed by atoms with Crippen LogP contribution in [-0.4, -0.2) is 36.1 Å².